The average molecular weight is 407 g/mol. The van der Waals surface area contributed by atoms with Gasteiger partial charge in [0.1, 0.15) is 17.8 Å². The lowest BCUT2D eigenvalue weighted by molar-refractivity contribution is -0.0421. The molecule has 1 aliphatic heterocycles. The summed E-state index contributed by atoms with van der Waals surface area (Å²) in [6.07, 6.45) is 2.03. The highest BCUT2D eigenvalue weighted by Crippen LogP contribution is 2.32. The summed E-state index contributed by atoms with van der Waals surface area (Å²) in [7, 11) is 0. The molecular weight excluding hydrogens is 386 g/mol. The quantitative estimate of drug-likeness (QED) is 0.588. The first-order valence-electron chi connectivity index (χ1n) is 9.46. The molecule has 0 unspecified atom stereocenters. The Hall–Kier alpha value is -2.68. The highest BCUT2D eigenvalue weighted by Gasteiger charge is 2.35. The van der Waals surface area contributed by atoms with E-state index in [1.807, 2.05) is 6.07 Å². The minimum atomic E-state index is -3.09. The third kappa shape index (κ3) is 4.34. The molecule has 1 fully saturated rings. The van der Waals surface area contributed by atoms with Crippen LogP contribution in [-0.2, 0) is 5.92 Å². The van der Waals surface area contributed by atoms with E-state index in [0.29, 0.717) is 25.9 Å². The molecule has 3 heterocycles. The van der Waals surface area contributed by atoms with Crippen LogP contribution >= 0.6 is 0 Å². The molecule has 0 saturated carbocycles. The number of likely N-dealkylation sites (tertiary alicyclic amines) is 1. The zero-order valence-electron chi connectivity index (χ0n) is 15.6. The molecule has 5 nitrogen and oxygen atoms in total. The number of piperidine rings is 1. The van der Waals surface area contributed by atoms with E-state index in [1.165, 1.54) is 6.33 Å². The second-order valence-electron chi connectivity index (χ2n) is 7.28. The largest absolute Gasteiger partial charge is 0.367 e. The Bertz CT molecular complexity index is 949. The van der Waals surface area contributed by atoms with Gasteiger partial charge in [-0.25, -0.2) is 18.7 Å². The Labute approximate surface area is 165 Å². The van der Waals surface area contributed by atoms with E-state index in [-0.39, 0.29) is 17.2 Å². The van der Waals surface area contributed by atoms with Gasteiger partial charge in [0.25, 0.3) is 12.3 Å². The fourth-order valence-corrected chi connectivity index (χ4v) is 3.66. The van der Waals surface area contributed by atoms with Crippen molar-refractivity contribution in [2.24, 2.45) is 0 Å². The van der Waals surface area contributed by atoms with Crippen molar-refractivity contribution < 1.29 is 17.6 Å². The molecule has 1 aromatic carbocycles. The minimum absolute atomic E-state index is 0.137. The van der Waals surface area contributed by atoms with Crippen LogP contribution in [0.2, 0.25) is 0 Å². The van der Waals surface area contributed by atoms with Gasteiger partial charge in [0.15, 0.2) is 0 Å². The summed E-state index contributed by atoms with van der Waals surface area (Å²) in [5.41, 5.74) is 0.258. The Morgan fingerprint density at radius 3 is 2.52 bits per heavy atom. The number of nitrogens with one attached hydrogen (secondary N) is 2. The number of alkyl halides is 4. The van der Waals surface area contributed by atoms with E-state index in [4.69, 9.17) is 0 Å². The molecule has 0 amide bonds. The number of H-pyrrole nitrogens is 1. The maximum absolute atomic E-state index is 14.6. The molecule has 2 aromatic heterocycles. The first-order chi connectivity index (χ1) is 13.9. The molecule has 154 valence electrons. The number of rotatable bonds is 6. The van der Waals surface area contributed by atoms with E-state index in [2.05, 4.69) is 20.3 Å². The van der Waals surface area contributed by atoms with Crippen LogP contribution < -0.4 is 5.32 Å². The SMILES string of the molecule is FC(F)c1ccc(C(F)(F)CN2CCC(Nc3ncnc4[nH]ccc34)CC2)cc1. The number of fused-ring (bicyclic) bond motifs is 1. The predicted octanol–water partition coefficient (Wildman–Crippen LogP) is 4.56. The van der Waals surface area contributed by atoms with Crippen LogP contribution in [0.4, 0.5) is 23.4 Å². The van der Waals surface area contributed by atoms with E-state index < -0.39 is 18.9 Å². The lowest BCUT2D eigenvalue weighted by atomic mass is 10.0. The lowest BCUT2D eigenvalue weighted by Crippen LogP contribution is -2.43. The van der Waals surface area contributed by atoms with Crippen LogP contribution in [0.3, 0.4) is 0 Å². The molecule has 9 heteroatoms. The first kappa shape index (κ1) is 19.6. The Morgan fingerprint density at radius 1 is 1.10 bits per heavy atom. The van der Waals surface area contributed by atoms with Crippen LogP contribution in [0.5, 0.6) is 0 Å². The van der Waals surface area contributed by atoms with E-state index in [1.54, 1.807) is 11.1 Å². The third-order valence-corrected chi connectivity index (χ3v) is 5.29. The monoisotopic (exact) mass is 407 g/mol. The second-order valence-corrected chi connectivity index (χ2v) is 7.28. The van der Waals surface area contributed by atoms with Crippen molar-refractivity contribution in [3.05, 3.63) is 54.0 Å². The molecule has 3 aromatic rings. The van der Waals surface area contributed by atoms with E-state index in [0.717, 1.165) is 41.1 Å². The summed E-state index contributed by atoms with van der Waals surface area (Å²) in [6.45, 7) is 0.608. The van der Waals surface area contributed by atoms with Gasteiger partial charge < -0.3 is 10.3 Å². The van der Waals surface area contributed by atoms with Crippen molar-refractivity contribution in [3.63, 3.8) is 0 Å². The summed E-state index contributed by atoms with van der Waals surface area (Å²) in [5.74, 6) is -2.36. The van der Waals surface area contributed by atoms with Crippen LogP contribution in [0.1, 0.15) is 30.4 Å². The van der Waals surface area contributed by atoms with Crippen LogP contribution in [0.25, 0.3) is 11.0 Å². The van der Waals surface area contributed by atoms with Gasteiger partial charge in [-0.2, -0.15) is 8.78 Å². The zero-order chi connectivity index (χ0) is 20.4. The molecule has 4 rings (SSSR count). The fraction of sp³-hybridized carbons (Fsp3) is 0.400. The number of anilines is 1. The van der Waals surface area contributed by atoms with Gasteiger partial charge in [-0.05, 0) is 18.9 Å². The molecule has 0 atom stereocenters. The summed E-state index contributed by atoms with van der Waals surface area (Å²) in [4.78, 5) is 13.2. The normalized spacial score (nSPS) is 16.6. The lowest BCUT2D eigenvalue weighted by Gasteiger charge is -2.34. The van der Waals surface area contributed by atoms with Crippen molar-refractivity contribution in [1.29, 1.82) is 0 Å². The van der Waals surface area contributed by atoms with Crippen LogP contribution in [-0.4, -0.2) is 45.5 Å². The molecule has 1 aliphatic rings. The van der Waals surface area contributed by atoms with E-state index >= 15 is 0 Å². The molecule has 0 aliphatic carbocycles. The smallest absolute Gasteiger partial charge is 0.285 e. The van der Waals surface area contributed by atoms with Crippen molar-refractivity contribution >= 4 is 16.9 Å². The molecular formula is C20H21F4N5. The number of aromatic amines is 1. The van der Waals surface area contributed by atoms with Gasteiger partial charge in [-0.15, -0.1) is 0 Å². The highest BCUT2D eigenvalue weighted by atomic mass is 19.3. The van der Waals surface area contributed by atoms with Crippen molar-refractivity contribution in [1.82, 2.24) is 19.9 Å². The number of hydrogen-bond acceptors (Lipinski definition) is 4. The highest BCUT2D eigenvalue weighted by molar-refractivity contribution is 5.86. The Morgan fingerprint density at radius 2 is 1.83 bits per heavy atom. The first-order valence-corrected chi connectivity index (χ1v) is 9.46. The van der Waals surface area contributed by atoms with Gasteiger partial charge in [0.05, 0.1) is 11.9 Å². The number of nitrogens with zero attached hydrogens (tertiary/aromatic N) is 3. The van der Waals surface area contributed by atoms with Crippen LogP contribution in [0.15, 0.2) is 42.9 Å². The van der Waals surface area contributed by atoms with Gasteiger partial charge in [0.2, 0.25) is 0 Å². The molecule has 0 bridgehead atoms. The summed E-state index contributed by atoms with van der Waals surface area (Å²) < 4.78 is 54.4. The predicted molar refractivity (Wildman–Crippen MR) is 102 cm³/mol. The average Bonchev–Trinajstić information content (AvgIpc) is 3.19. The third-order valence-electron chi connectivity index (χ3n) is 5.29. The van der Waals surface area contributed by atoms with Gasteiger partial charge >= 0.3 is 0 Å². The van der Waals surface area contributed by atoms with E-state index in [9.17, 15) is 17.6 Å². The van der Waals surface area contributed by atoms with Crippen molar-refractivity contribution in [3.8, 4) is 0 Å². The molecule has 1 saturated heterocycles. The molecule has 2 N–H and O–H groups in total. The molecule has 0 spiro atoms. The second kappa shape index (κ2) is 7.98. The van der Waals surface area contributed by atoms with Crippen molar-refractivity contribution in [2.75, 3.05) is 25.0 Å². The standard InChI is InChI=1S/C20H21F4N5/c21-17(22)13-1-3-14(4-2-13)20(23,24)11-29-9-6-15(7-10-29)28-19-16-5-8-25-18(16)26-12-27-19/h1-5,8,12,15,17H,6-7,9-11H2,(H2,25,26,27,28). The number of aromatic nitrogens is 3. The Balaban J connectivity index is 1.34. The summed E-state index contributed by atoms with van der Waals surface area (Å²) >= 11 is 0. The number of benzene rings is 1. The van der Waals surface area contributed by atoms with Gasteiger partial charge in [-0.1, -0.05) is 24.3 Å². The fourth-order valence-electron chi connectivity index (χ4n) is 3.66. The van der Waals surface area contributed by atoms with Crippen LogP contribution in [0, 0.1) is 0 Å². The van der Waals surface area contributed by atoms with Crippen molar-refractivity contribution in [2.45, 2.75) is 31.2 Å². The minimum Gasteiger partial charge on any atom is -0.367 e. The summed E-state index contributed by atoms with van der Waals surface area (Å²) in [6, 6.07) is 6.34. The number of halogens is 4. The van der Waals surface area contributed by atoms with Gasteiger partial charge in [-0.3, -0.25) is 4.90 Å². The zero-order valence-corrected chi connectivity index (χ0v) is 15.6. The maximum Gasteiger partial charge on any atom is 0.285 e. The topological polar surface area (TPSA) is 56.8 Å². The number of hydrogen-bond donors (Lipinski definition) is 2. The Kier molecular flexibility index (Phi) is 5.40. The molecule has 0 radical (unpaired) electrons. The maximum atomic E-state index is 14.6. The molecule has 29 heavy (non-hydrogen) atoms. The summed E-state index contributed by atoms with van der Waals surface area (Å²) in [5, 5.41) is 4.28. The van der Waals surface area contributed by atoms with Gasteiger partial charge in [0, 0.05) is 36.5 Å².